The Balaban J connectivity index is 2.94. The van der Waals surface area contributed by atoms with Gasteiger partial charge in [-0.3, -0.25) is 0 Å². The molecular weight excluding hydrogens is 198 g/mol. The summed E-state index contributed by atoms with van der Waals surface area (Å²) < 4.78 is 5.42. The van der Waals surface area contributed by atoms with Crippen LogP contribution in [-0.2, 0) is 6.42 Å². The number of nitrogens with two attached hydrogens (primary N) is 1. The van der Waals surface area contributed by atoms with Crippen LogP contribution in [0.15, 0.2) is 6.07 Å². The number of hydrogen-bond acceptors (Lipinski definition) is 2. The first-order chi connectivity index (χ1) is 7.61. The van der Waals surface area contributed by atoms with Gasteiger partial charge in [0.15, 0.2) is 0 Å². The molecule has 1 rings (SSSR count). The van der Waals surface area contributed by atoms with Gasteiger partial charge in [-0.2, -0.15) is 0 Å². The van der Waals surface area contributed by atoms with Gasteiger partial charge in [0.1, 0.15) is 5.75 Å². The second-order valence-electron chi connectivity index (χ2n) is 4.38. The zero-order valence-electron chi connectivity index (χ0n) is 10.9. The van der Waals surface area contributed by atoms with Gasteiger partial charge < -0.3 is 10.5 Å². The Morgan fingerprint density at radius 2 is 1.81 bits per heavy atom. The number of unbranched alkanes of at least 4 members (excludes halogenated alkanes) is 1. The third-order valence-corrected chi connectivity index (χ3v) is 3.24. The van der Waals surface area contributed by atoms with Gasteiger partial charge in [-0.1, -0.05) is 6.07 Å². The number of ether oxygens (including phenoxy) is 1. The third-order valence-electron chi connectivity index (χ3n) is 3.24. The Morgan fingerprint density at radius 1 is 1.12 bits per heavy atom. The van der Waals surface area contributed by atoms with Crippen molar-refractivity contribution in [1.82, 2.24) is 0 Å². The highest BCUT2D eigenvalue weighted by atomic mass is 16.5. The summed E-state index contributed by atoms with van der Waals surface area (Å²) in [7, 11) is 1.74. The molecule has 1 aromatic rings. The summed E-state index contributed by atoms with van der Waals surface area (Å²) in [6.07, 6.45) is 3.39. The lowest BCUT2D eigenvalue weighted by atomic mass is 9.95. The molecule has 2 nitrogen and oxygen atoms in total. The highest BCUT2D eigenvalue weighted by molar-refractivity contribution is 5.48. The summed E-state index contributed by atoms with van der Waals surface area (Å²) in [6.45, 7) is 7.20. The summed E-state index contributed by atoms with van der Waals surface area (Å²) in [5.74, 6) is 1.03. The average Bonchev–Trinajstić information content (AvgIpc) is 2.26. The van der Waals surface area contributed by atoms with Crippen LogP contribution in [0.5, 0.6) is 5.75 Å². The fraction of sp³-hybridized carbons (Fsp3) is 0.571. The Kier molecular flexibility index (Phi) is 4.81. The lowest BCUT2D eigenvalue weighted by Crippen LogP contribution is -2.02. The molecule has 0 atom stereocenters. The van der Waals surface area contributed by atoms with Gasteiger partial charge >= 0.3 is 0 Å². The summed E-state index contributed by atoms with van der Waals surface area (Å²) in [4.78, 5) is 0. The smallest absolute Gasteiger partial charge is 0.124 e. The van der Waals surface area contributed by atoms with Crippen LogP contribution in [0.4, 0.5) is 0 Å². The molecule has 0 aromatic heterocycles. The molecule has 0 fully saturated rings. The second kappa shape index (κ2) is 5.90. The molecule has 0 radical (unpaired) electrons. The quantitative estimate of drug-likeness (QED) is 0.776. The van der Waals surface area contributed by atoms with Crippen molar-refractivity contribution in [3.63, 3.8) is 0 Å². The SMILES string of the molecule is COc1c(C)cc(CCCCN)c(C)c1C. The van der Waals surface area contributed by atoms with E-state index in [2.05, 4.69) is 26.8 Å². The predicted molar refractivity (Wildman–Crippen MR) is 69.2 cm³/mol. The van der Waals surface area contributed by atoms with Crippen molar-refractivity contribution < 1.29 is 4.74 Å². The molecule has 0 bridgehead atoms. The summed E-state index contributed by atoms with van der Waals surface area (Å²) in [5, 5.41) is 0. The molecule has 0 spiro atoms. The Hall–Kier alpha value is -1.02. The van der Waals surface area contributed by atoms with Crippen LogP contribution in [0.3, 0.4) is 0 Å². The van der Waals surface area contributed by atoms with Crippen molar-refractivity contribution in [2.75, 3.05) is 13.7 Å². The molecule has 0 aliphatic carbocycles. The van der Waals surface area contributed by atoms with E-state index in [0.717, 1.165) is 25.1 Å². The molecule has 0 saturated carbocycles. The molecule has 2 N–H and O–H groups in total. The van der Waals surface area contributed by atoms with E-state index in [1.165, 1.54) is 28.7 Å². The van der Waals surface area contributed by atoms with E-state index in [1.54, 1.807) is 7.11 Å². The van der Waals surface area contributed by atoms with E-state index in [0.29, 0.717) is 0 Å². The summed E-state index contributed by atoms with van der Waals surface area (Å²) in [5.41, 5.74) is 10.8. The predicted octanol–water partition coefficient (Wildman–Crippen LogP) is 2.90. The number of hydrogen-bond donors (Lipinski definition) is 1. The van der Waals surface area contributed by atoms with Crippen LogP contribution in [0.1, 0.15) is 35.1 Å². The molecule has 0 unspecified atom stereocenters. The summed E-state index contributed by atoms with van der Waals surface area (Å²) in [6, 6.07) is 2.25. The fourth-order valence-electron chi connectivity index (χ4n) is 2.18. The molecular formula is C14H23NO. The first kappa shape index (κ1) is 13.0. The van der Waals surface area contributed by atoms with E-state index in [9.17, 15) is 0 Å². The van der Waals surface area contributed by atoms with E-state index >= 15 is 0 Å². The monoisotopic (exact) mass is 221 g/mol. The lowest BCUT2D eigenvalue weighted by Gasteiger charge is -2.15. The topological polar surface area (TPSA) is 35.2 Å². The van der Waals surface area contributed by atoms with E-state index in [4.69, 9.17) is 10.5 Å². The Morgan fingerprint density at radius 3 is 2.38 bits per heavy atom. The van der Waals surface area contributed by atoms with Crippen LogP contribution in [0.25, 0.3) is 0 Å². The normalized spacial score (nSPS) is 10.6. The van der Waals surface area contributed by atoms with E-state index < -0.39 is 0 Å². The van der Waals surface area contributed by atoms with Crippen molar-refractivity contribution in [2.24, 2.45) is 5.73 Å². The molecule has 1 aromatic carbocycles. The molecule has 2 heteroatoms. The lowest BCUT2D eigenvalue weighted by molar-refractivity contribution is 0.408. The number of methoxy groups -OCH3 is 1. The van der Waals surface area contributed by atoms with Crippen molar-refractivity contribution in [2.45, 2.75) is 40.0 Å². The maximum absolute atomic E-state index is 5.52. The minimum Gasteiger partial charge on any atom is -0.496 e. The van der Waals surface area contributed by atoms with Crippen molar-refractivity contribution in [3.05, 3.63) is 28.3 Å². The summed E-state index contributed by atoms with van der Waals surface area (Å²) >= 11 is 0. The van der Waals surface area contributed by atoms with Crippen molar-refractivity contribution in [1.29, 1.82) is 0 Å². The third kappa shape index (κ3) is 2.76. The average molecular weight is 221 g/mol. The van der Waals surface area contributed by atoms with E-state index in [1.807, 2.05) is 0 Å². The molecule has 0 aliphatic rings. The fourth-order valence-corrected chi connectivity index (χ4v) is 2.18. The molecule has 0 heterocycles. The molecule has 0 saturated heterocycles. The van der Waals surface area contributed by atoms with Crippen LogP contribution < -0.4 is 10.5 Å². The number of benzene rings is 1. The largest absolute Gasteiger partial charge is 0.496 e. The van der Waals surface area contributed by atoms with Crippen LogP contribution in [-0.4, -0.2) is 13.7 Å². The zero-order valence-corrected chi connectivity index (χ0v) is 10.9. The van der Waals surface area contributed by atoms with E-state index in [-0.39, 0.29) is 0 Å². The number of rotatable bonds is 5. The minimum absolute atomic E-state index is 0.785. The van der Waals surface area contributed by atoms with Crippen LogP contribution >= 0.6 is 0 Å². The van der Waals surface area contributed by atoms with Gasteiger partial charge in [-0.25, -0.2) is 0 Å². The van der Waals surface area contributed by atoms with Gasteiger partial charge in [-0.05, 0) is 68.8 Å². The molecule has 90 valence electrons. The molecule has 16 heavy (non-hydrogen) atoms. The first-order valence-electron chi connectivity index (χ1n) is 5.95. The maximum Gasteiger partial charge on any atom is 0.124 e. The van der Waals surface area contributed by atoms with Crippen LogP contribution in [0.2, 0.25) is 0 Å². The highest BCUT2D eigenvalue weighted by Gasteiger charge is 2.09. The van der Waals surface area contributed by atoms with Gasteiger partial charge in [0.05, 0.1) is 7.11 Å². The van der Waals surface area contributed by atoms with Crippen molar-refractivity contribution >= 4 is 0 Å². The second-order valence-corrected chi connectivity index (χ2v) is 4.38. The highest BCUT2D eigenvalue weighted by Crippen LogP contribution is 2.29. The van der Waals surface area contributed by atoms with Gasteiger partial charge in [-0.15, -0.1) is 0 Å². The molecule has 0 aliphatic heterocycles. The standard InChI is InChI=1S/C14H23NO/c1-10-9-13(7-5-6-8-15)11(2)12(3)14(10)16-4/h9H,5-8,15H2,1-4H3. The Labute approximate surface area is 98.8 Å². The first-order valence-corrected chi connectivity index (χ1v) is 5.95. The van der Waals surface area contributed by atoms with Crippen molar-refractivity contribution in [3.8, 4) is 5.75 Å². The molecule has 0 amide bonds. The van der Waals surface area contributed by atoms with Gasteiger partial charge in [0.25, 0.3) is 0 Å². The number of aryl methyl sites for hydroxylation is 2. The maximum atomic E-state index is 5.52. The van der Waals surface area contributed by atoms with Gasteiger partial charge in [0.2, 0.25) is 0 Å². The van der Waals surface area contributed by atoms with Gasteiger partial charge in [0, 0.05) is 0 Å². The zero-order chi connectivity index (χ0) is 12.1. The van der Waals surface area contributed by atoms with Crippen LogP contribution in [0, 0.1) is 20.8 Å². The minimum atomic E-state index is 0.785. The Bertz CT molecular complexity index is 358.